The van der Waals surface area contributed by atoms with Gasteiger partial charge in [-0.15, -0.1) is 5.10 Å². The van der Waals surface area contributed by atoms with Crippen molar-refractivity contribution in [3.63, 3.8) is 0 Å². The van der Waals surface area contributed by atoms with Crippen LogP contribution in [0, 0.1) is 0 Å². The Balaban J connectivity index is 1.51. The summed E-state index contributed by atoms with van der Waals surface area (Å²) in [4.78, 5) is 2.04. The van der Waals surface area contributed by atoms with E-state index in [2.05, 4.69) is 16.3 Å². The van der Waals surface area contributed by atoms with E-state index in [-0.39, 0.29) is 6.04 Å². The number of halogens is 2. The highest BCUT2D eigenvalue weighted by Crippen LogP contribution is 2.37. The van der Waals surface area contributed by atoms with Gasteiger partial charge in [-0.05, 0) is 46.7 Å². The van der Waals surface area contributed by atoms with Gasteiger partial charge in [-0.3, -0.25) is 0 Å². The third-order valence-corrected chi connectivity index (χ3v) is 5.51. The molecule has 0 fully saturated rings. The first-order chi connectivity index (χ1) is 13.2. The van der Waals surface area contributed by atoms with Crippen LogP contribution in [0.2, 0.25) is 10.0 Å². The van der Waals surface area contributed by atoms with Crippen LogP contribution >= 0.6 is 34.5 Å². The lowest BCUT2D eigenvalue weighted by Gasteiger charge is -2.28. The second-order valence-electron chi connectivity index (χ2n) is 5.87. The highest BCUT2D eigenvalue weighted by Gasteiger charge is 2.23. The highest BCUT2D eigenvalue weighted by atomic mass is 35.5. The van der Waals surface area contributed by atoms with Crippen molar-refractivity contribution in [1.82, 2.24) is 10.2 Å². The molecule has 2 aromatic carbocycles. The van der Waals surface area contributed by atoms with Crippen LogP contribution in [-0.2, 0) is 6.61 Å². The molecule has 7 heteroatoms. The Morgan fingerprint density at radius 3 is 2.63 bits per heavy atom. The van der Waals surface area contributed by atoms with Crippen LogP contribution in [0.1, 0.15) is 17.2 Å². The number of ether oxygens (including phenoxy) is 1. The summed E-state index contributed by atoms with van der Waals surface area (Å²) in [5.41, 5.74) is 2.03. The molecule has 0 N–H and O–H groups in total. The fourth-order valence-corrected chi connectivity index (χ4v) is 3.83. The molecular formula is C20H15Cl2N3OS. The predicted molar refractivity (Wildman–Crippen MR) is 111 cm³/mol. The van der Waals surface area contributed by atoms with Crippen molar-refractivity contribution in [3.05, 3.63) is 94.1 Å². The smallest absolute Gasteiger partial charge is 0.296 e. The van der Waals surface area contributed by atoms with Crippen LogP contribution in [0.25, 0.3) is 0 Å². The van der Waals surface area contributed by atoms with Gasteiger partial charge in [0.1, 0.15) is 6.61 Å². The number of allylic oxidation sites excluding steroid dienone is 2. The standard InChI is InChI=1S/C20H15Cl2N3OS/c21-15-10-8-14(9-11-15)13-26-20-24-23-19(27-20)25-12-4-3-7-18(25)16-5-1-2-6-17(16)22/h1-12,18H,13H2. The SMILES string of the molecule is Clc1ccc(COc2nnc(N3C=CC=CC3c3ccccc3Cl)s2)cc1. The van der Waals surface area contributed by atoms with Crippen molar-refractivity contribution >= 4 is 39.7 Å². The molecule has 4 rings (SSSR count). The van der Waals surface area contributed by atoms with E-state index in [1.807, 2.05) is 71.8 Å². The number of hydrogen-bond acceptors (Lipinski definition) is 5. The molecule has 1 aromatic heterocycles. The summed E-state index contributed by atoms with van der Waals surface area (Å²) in [7, 11) is 0. The molecule has 0 radical (unpaired) electrons. The number of rotatable bonds is 5. The average Bonchev–Trinajstić information content (AvgIpc) is 3.17. The van der Waals surface area contributed by atoms with Crippen LogP contribution < -0.4 is 9.64 Å². The molecule has 27 heavy (non-hydrogen) atoms. The normalized spacial score (nSPS) is 15.9. The molecule has 0 bridgehead atoms. The van der Waals surface area contributed by atoms with E-state index in [4.69, 9.17) is 27.9 Å². The van der Waals surface area contributed by atoms with E-state index in [9.17, 15) is 0 Å². The maximum absolute atomic E-state index is 6.39. The summed E-state index contributed by atoms with van der Waals surface area (Å²) in [6.07, 6.45) is 8.01. The fourth-order valence-electron chi connectivity index (χ4n) is 2.74. The number of anilines is 1. The van der Waals surface area contributed by atoms with Gasteiger partial charge in [-0.25, -0.2) is 0 Å². The van der Waals surface area contributed by atoms with Gasteiger partial charge in [-0.2, -0.15) is 0 Å². The molecule has 136 valence electrons. The van der Waals surface area contributed by atoms with E-state index in [1.165, 1.54) is 11.3 Å². The third-order valence-electron chi connectivity index (χ3n) is 4.07. The molecule has 4 nitrogen and oxygen atoms in total. The lowest BCUT2D eigenvalue weighted by Crippen LogP contribution is -2.23. The van der Waals surface area contributed by atoms with Gasteiger partial charge in [0.05, 0.1) is 6.04 Å². The first kappa shape index (κ1) is 18.0. The summed E-state index contributed by atoms with van der Waals surface area (Å²) in [6, 6.07) is 15.3. The fraction of sp³-hybridized carbons (Fsp3) is 0.100. The quantitative estimate of drug-likeness (QED) is 0.507. The largest absolute Gasteiger partial charge is 0.464 e. The molecule has 0 saturated carbocycles. The van der Waals surface area contributed by atoms with Crippen LogP contribution in [0.5, 0.6) is 5.19 Å². The first-order valence-electron chi connectivity index (χ1n) is 8.29. The summed E-state index contributed by atoms with van der Waals surface area (Å²) in [5, 5.41) is 11.1. The molecule has 1 unspecified atom stereocenters. The van der Waals surface area contributed by atoms with E-state index < -0.39 is 0 Å². The van der Waals surface area contributed by atoms with Gasteiger partial charge in [0.15, 0.2) is 0 Å². The maximum Gasteiger partial charge on any atom is 0.296 e. The van der Waals surface area contributed by atoms with Crippen molar-refractivity contribution in [3.8, 4) is 5.19 Å². The minimum Gasteiger partial charge on any atom is -0.464 e. The van der Waals surface area contributed by atoms with Gasteiger partial charge in [-0.1, -0.05) is 70.8 Å². The lowest BCUT2D eigenvalue weighted by atomic mass is 10.0. The molecule has 0 spiro atoms. The van der Waals surface area contributed by atoms with E-state index in [0.29, 0.717) is 16.8 Å². The van der Waals surface area contributed by atoms with Crippen LogP contribution in [0.3, 0.4) is 0 Å². The second-order valence-corrected chi connectivity index (χ2v) is 7.63. The summed E-state index contributed by atoms with van der Waals surface area (Å²) in [6.45, 7) is 0.412. The number of hydrogen-bond donors (Lipinski definition) is 0. The molecule has 3 aromatic rings. The van der Waals surface area contributed by atoms with Crippen molar-refractivity contribution < 1.29 is 4.74 Å². The Morgan fingerprint density at radius 2 is 1.81 bits per heavy atom. The molecule has 0 aliphatic carbocycles. The Morgan fingerprint density at radius 1 is 1.00 bits per heavy atom. The van der Waals surface area contributed by atoms with Gasteiger partial charge < -0.3 is 9.64 Å². The number of nitrogens with zero attached hydrogens (tertiary/aromatic N) is 3. The molecular weight excluding hydrogens is 401 g/mol. The van der Waals surface area contributed by atoms with Gasteiger partial charge in [0.25, 0.3) is 5.19 Å². The zero-order valence-corrected chi connectivity index (χ0v) is 16.5. The van der Waals surface area contributed by atoms with Crippen LogP contribution in [0.15, 0.2) is 73.0 Å². The van der Waals surface area contributed by atoms with Gasteiger partial charge >= 0.3 is 0 Å². The zero-order valence-electron chi connectivity index (χ0n) is 14.1. The van der Waals surface area contributed by atoms with Crippen LogP contribution in [-0.4, -0.2) is 10.2 Å². The summed E-state index contributed by atoms with van der Waals surface area (Å²) >= 11 is 13.7. The molecule has 1 aliphatic heterocycles. The minimum absolute atomic E-state index is 0.0410. The molecule has 1 atom stereocenters. The summed E-state index contributed by atoms with van der Waals surface area (Å²) in [5.74, 6) is 0. The van der Waals surface area contributed by atoms with Gasteiger partial charge in [0.2, 0.25) is 5.13 Å². The van der Waals surface area contributed by atoms with Crippen molar-refractivity contribution in [1.29, 1.82) is 0 Å². The topological polar surface area (TPSA) is 38.3 Å². The first-order valence-corrected chi connectivity index (χ1v) is 9.86. The van der Waals surface area contributed by atoms with Crippen molar-refractivity contribution in [2.75, 3.05) is 4.90 Å². The monoisotopic (exact) mass is 415 g/mol. The van der Waals surface area contributed by atoms with E-state index in [1.54, 1.807) is 0 Å². The highest BCUT2D eigenvalue weighted by molar-refractivity contribution is 7.17. The Hall–Kier alpha value is -2.34. The van der Waals surface area contributed by atoms with Crippen molar-refractivity contribution in [2.45, 2.75) is 12.6 Å². The minimum atomic E-state index is -0.0410. The predicted octanol–water partition coefficient (Wildman–Crippen LogP) is 6.06. The molecule has 1 aliphatic rings. The Kier molecular flexibility index (Phi) is 5.43. The van der Waals surface area contributed by atoms with E-state index in [0.717, 1.165) is 21.3 Å². The van der Waals surface area contributed by atoms with E-state index >= 15 is 0 Å². The number of benzene rings is 2. The molecule has 2 heterocycles. The van der Waals surface area contributed by atoms with Crippen molar-refractivity contribution in [2.24, 2.45) is 0 Å². The maximum atomic E-state index is 6.39. The molecule has 0 saturated heterocycles. The van der Waals surface area contributed by atoms with Gasteiger partial charge in [0, 0.05) is 16.2 Å². The second kappa shape index (κ2) is 8.13. The van der Waals surface area contributed by atoms with Crippen LogP contribution in [0.4, 0.5) is 5.13 Å². The zero-order chi connectivity index (χ0) is 18.6. The third kappa shape index (κ3) is 4.16. The Labute approximate surface area is 171 Å². The average molecular weight is 416 g/mol. The Bertz CT molecular complexity index is 985. The summed E-state index contributed by atoms with van der Waals surface area (Å²) < 4.78 is 5.78. The lowest BCUT2D eigenvalue weighted by molar-refractivity contribution is 0.302. The number of aromatic nitrogens is 2. The molecule has 0 amide bonds.